The van der Waals surface area contributed by atoms with E-state index in [9.17, 15) is 18.9 Å². The monoisotopic (exact) mass is 734 g/mol. The standard InChI is InChI=1S/C38H56O10P2/c1-35(2,3)27-37(7,8)29-15-19-31(20-16-29)47-49(39,40)45-25-23-43-33-13-11-12-14-34(33)44-24-26-46-50(41,42)48-32-21-17-30(18-22-32)38(9,10)28-36(4,5)6/h11-22H,23-28H2,1-10H3,(H,39,40)(H,41,42). The molecule has 12 heteroatoms. The summed E-state index contributed by atoms with van der Waals surface area (Å²) in [6.07, 6.45) is 1.94. The van der Waals surface area contributed by atoms with Crippen LogP contribution in [0.15, 0.2) is 72.8 Å². The first-order valence-electron chi connectivity index (χ1n) is 16.9. The Bertz CT molecular complexity index is 1480. The van der Waals surface area contributed by atoms with Crippen molar-refractivity contribution in [3.63, 3.8) is 0 Å². The van der Waals surface area contributed by atoms with Crippen molar-refractivity contribution in [1.29, 1.82) is 0 Å². The van der Waals surface area contributed by atoms with Gasteiger partial charge in [0.2, 0.25) is 0 Å². The Kier molecular flexibility index (Phi) is 13.9. The predicted octanol–water partition coefficient (Wildman–Crippen LogP) is 10.3. The molecule has 10 nitrogen and oxygen atoms in total. The summed E-state index contributed by atoms with van der Waals surface area (Å²) in [5, 5.41) is 0. The zero-order valence-corrected chi connectivity index (χ0v) is 33.0. The predicted molar refractivity (Wildman–Crippen MR) is 197 cm³/mol. The van der Waals surface area contributed by atoms with Gasteiger partial charge in [0, 0.05) is 0 Å². The number of hydrogen-bond donors (Lipinski definition) is 2. The Labute approximate surface area is 298 Å². The maximum Gasteiger partial charge on any atom is 0.527 e. The van der Waals surface area contributed by atoms with Gasteiger partial charge in [-0.05, 0) is 82.0 Å². The molecule has 0 amide bonds. The Balaban J connectivity index is 1.43. The fraction of sp³-hybridized carbons (Fsp3) is 0.526. The lowest BCUT2D eigenvalue weighted by Gasteiger charge is -2.33. The van der Waals surface area contributed by atoms with Crippen LogP contribution in [0, 0.1) is 10.8 Å². The van der Waals surface area contributed by atoms with E-state index >= 15 is 0 Å². The molecular weight excluding hydrogens is 678 g/mol. The van der Waals surface area contributed by atoms with Gasteiger partial charge in [-0.25, -0.2) is 9.13 Å². The third-order valence-electron chi connectivity index (χ3n) is 7.70. The highest BCUT2D eigenvalue weighted by atomic mass is 31.2. The fourth-order valence-electron chi connectivity index (χ4n) is 6.41. The highest BCUT2D eigenvalue weighted by Gasteiger charge is 2.30. The van der Waals surface area contributed by atoms with E-state index in [0.29, 0.717) is 11.5 Å². The van der Waals surface area contributed by atoms with Gasteiger partial charge in [-0.15, -0.1) is 0 Å². The Morgan fingerprint density at radius 2 is 0.820 bits per heavy atom. The first kappa shape index (κ1) is 41.6. The van der Waals surface area contributed by atoms with E-state index in [2.05, 4.69) is 69.2 Å². The first-order valence-corrected chi connectivity index (χ1v) is 19.8. The molecule has 0 radical (unpaired) electrons. The maximum atomic E-state index is 12.6. The molecule has 0 saturated heterocycles. The second-order valence-corrected chi connectivity index (χ2v) is 19.0. The molecule has 0 aliphatic heterocycles. The first-order chi connectivity index (χ1) is 23.0. The van der Waals surface area contributed by atoms with Gasteiger partial charge in [-0.2, -0.15) is 0 Å². The summed E-state index contributed by atoms with van der Waals surface area (Å²) < 4.78 is 57.3. The van der Waals surface area contributed by atoms with Crippen molar-refractivity contribution in [1.82, 2.24) is 0 Å². The van der Waals surface area contributed by atoms with Gasteiger partial charge in [-0.1, -0.05) is 106 Å². The molecule has 3 aromatic carbocycles. The summed E-state index contributed by atoms with van der Waals surface area (Å²) in [7, 11) is -8.82. The van der Waals surface area contributed by atoms with Gasteiger partial charge in [0.25, 0.3) is 0 Å². The van der Waals surface area contributed by atoms with Crippen LogP contribution in [0.4, 0.5) is 0 Å². The summed E-state index contributed by atoms with van der Waals surface area (Å²) in [4.78, 5) is 20.5. The topological polar surface area (TPSA) is 130 Å². The van der Waals surface area contributed by atoms with E-state index in [-0.39, 0.29) is 59.6 Å². The maximum absolute atomic E-state index is 12.6. The SMILES string of the molecule is CC(C)(C)CC(C)(C)c1ccc(OP(=O)(O)OCCOc2ccccc2OCCOP(=O)(O)Oc2ccc(C(C)(C)CC(C)(C)C)cc2)cc1. The third-order valence-corrected chi connectivity index (χ3v) is 9.60. The van der Waals surface area contributed by atoms with Crippen molar-refractivity contribution < 1.29 is 46.5 Å². The van der Waals surface area contributed by atoms with Gasteiger partial charge in [0.1, 0.15) is 24.7 Å². The molecule has 0 heterocycles. The molecule has 3 aromatic rings. The molecule has 2 atom stereocenters. The van der Waals surface area contributed by atoms with Crippen LogP contribution in [0.1, 0.15) is 93.2 Å². The number of benzene rings is 3. The second kappa shape index (κ2) is 16.7. The lowest BCUT2D eigenvalue weighted by molar-refractivity contribution is 0.151. The van der Waals surface area contributed by atoms with E-state index in [0.717, 1.165) is 24.0 Å². The molecule has 0 spiro atoms. The third kappa shape index (κ3) is 14.4. The average molecular weight is 735 g/mol. The summed E-state index contributed by atoms with van der Waals surface area (Å²) in [6.45, 7) is 21.2. The average Bonchev–Trinajstić information content (AvgIpc) is 2.96. The fourth-order valence-corrected chi connectivity index (χ4v) is 7.90. The van der Waals surface area contributed by atoms with Gasteiger partial charge < -0.3 is 18.5 Å². The summed E-state index contributed by atoms with van der Waals surface area (Å²) in [6, 6.07) is 21.0. The normalized spacial score (nSPS) is 15.1. The number of rotatable bonds is 18. The van der Waals surface area contributed by atoms with E-state index < -0.39 is 15.6 Å². The van der Waals surface area contributed by atoms with Gasteiger partial charge in [0.05, 0.1) is 13.2 Å². The summed E-state index contributed by atoms with van der Waals surface area (Å²) in [5.41, 5.74) is 2.35. The number of phosphoric ester groups is 2. The van der Waals surface area contributed by atoms with Crippen molar-refractivity contribution in [3.05, 3.63) is 83.9 Å². The molecule has 0 aliphatic carbocycles. The molecule has 0 saturated carbocycles. The van der Waals surface area contributed by atoms with Gasteiger partial charge in [-0.3, -0.25) is 18.8 Å². The molecule has 2 N–H and O–H groups in total. The van der Waals surface area contributed by atoms with Crippen molar-refractivity contribution in [2.75, 3.05) is 26.4 Å². The van der Waals surface area contributed by atoms with E-state index in [4.69, 9.17) is 27.6 Å². The van der Waals surface area contributed by atoms with Crippen molar-refractivity contribution in [2.45, 2.75) is 92.9 Å². The van der Waals surface area contributed by atoms with Crippen LogP contribution in [0.25, 0.3) is 0 Å². The molecule has 0 aliphatic rings. The number of hydrogen-bond acceptors (Lipinski definition) is 8. The van der Waals surface area contributed by atoms with Crippen LogP contribution in [0.5, 0.6) is 23.0 Å². The largest absolute Gasteiger partial charge is 0.527 e. The molecule has 50 heavy (non-hydrogen) atoms. The Hall–Kier alpha value is -2.84. The Morgan fingerprint density at radius 1 is 0.500 bits per heavy atom. The van der Waals surface area contributed by atoms with Gasteiger partial charge >= 0.3 is 15.6 Å². The van der Waals surface area contributed by atoms with Crippen molar-refractivity contribution in [2.24, 2.45) is 10.8 Å². The molecule has 278 valence electrons. The van der Waals surface area contributed by atoms with E-state index in [1.807, 2.05) is 24.3 Å². The van der Waals surface area contributed by atoms with E-state index in [1.165, 1.54) is 0 Å². The number of phosphoric acid groups is 2. The number of ether oxygens (including phenoxy) is 2. The molecule has 0 aromatic heterocycles. The van der Waals surface area contributed by atoms with Gasteiger partial charge in [0.15, 0.2) is 11.5 Å². The second-order valence-electron chi connectivity index (χ2n) is 16.2. The van der Waals surface area contributed by atoms with Crippen molar-refractivity contribution >= 4 is 15.6 Å². The molecule has 0 fully saturated rings. The van der Waals surface area contributed by atoms with Crippen LogP contribution in [0.3, 0.4) is 0 Å². The molecular formula is C38H56O10P2. The van der Waals surface area contributed by atoms with E-state index in [1.54, 1.807) is 48.5 Å². The number of para-hydroxylation sites is 2. The summed E-state index contributed by atoms with van der Waals surface area (Å²) in [5.74, 6) is 1.13. The zero-order chi connectivity index (χ0) is 37.4. The molecule has 0 bridgehead atoms. The smallest absolute Gasteiger partial charge is 0.487 e. The highest BCUT2D eigenvalue weighted by molar-refractivity contribution is 7.48. The minimum absolute atomic E-state index is 0.0728. The van der Waals surface area contributed by atoms with Crippen LogP contribution in [-0.2, 0) is 29.0 Å². The summed E-state index contributed by atoms with van der Waals surface area (Å²) >= 11 is 0. The minimum Gasteiger partial charge on any atom is -0.487 e. The lowest BCUT2D eigenvalue weighted by Crippen LogP contribution is -2.24. The van der Waals surface area contributed by atoms with Crippen LogP contribution in [-0.4, -0.2) is 36.2 Å². The zero-order valence-electron chi connectivity index (χ0n) is 31.2. The minimum atomic E-state index is -4.41. The lowest BCUT2D eigenvalue weighted by atomic mass is 9.72. The quantitative estimate of drug-likeness (QED) is 0.0962. The molecule has 3 rings (SSSR count). The van der Waals surface area contributed by atoms with Crippen molar-refractivity contribution in [3.8, 4) is 23.0 Å². The van der Waals surface area contributed by atoms with Crippen LogP contribution >= 0.6 is 15.6 Å². The molecule has 2 unspecified atom stereocenters. The van der Waals surface area contributed by atoms with Crippen LogP contribution < -0.4 is 18.5 Å². The highest BCUT2D eigenvalue weighted by Crippen LogP contribution is 2.46. The Morgan fingerprint density at radius 3 is 1.12 bits per heavy atom. The van der Waals surface area contributed by atoms with Crippen LogP contribution in [0.2, 0.25) is 0 Å².